The second-order valence-corrected chi connectivity index (χ2v) is 3.87. The first-order valence-electron chi connectivity index (χ1n) is 5.38. The maximum Gasteiger partial charge on any atom is 0.222 e. The van der Waals surface area contributed by atoms with Crippen molar-refractivity contribution in [2.45, 2.75) is 13.5 Å². The van der Waals surface area contributed by atoms with Gasteiger partial charge in [0.15, 0.2) is 11.6 Å². The maximum absolute atomic E-state index is 13.5. The molecule has 2 rings (SSSR count). The predicted octanol–water partition coefficient (Wildman–Crippen LogP) is 2.26. The Bertz CT molecular complexity index is 581. The number of aryl methyl sites for hydroxylation is 2. The minimum absolute atomic E-state index is 0.187. The van der Waals surface area contributed by atoms with Gasteiger partial charge in [-0.25, -0.2) is 13.5 Å². The molecule has 0 bridgehead atoms. The quantitative estimate of drug-likeness (QED) is 0.912. The van der Waals surface area contributed by atoms with Crippen molar-refractivity contribution in [3.05, 3.63) is 41.1 Å². The van der Waals surface area contributed by atoms with Gasteiger partial charge in [-0.2, -0.15) is 5.10 Å². The summed E-state index contributed by atoms with van der Waals surface area (Å²) in [5.41, 5.74) is 6.95. The molecule has 0 unspecified atom stereocenters. The van der Waals surface area contributed by atoms with E-state index in [0.717, 1.165) is 18.2 Å². The molecule has 0 saturated heterocycles. The largest absolute Gasteiger partial charge is 0.436 e. The number of ether oxygens (including phenoxy) is 1. The zero-order valence-corrected chi connectivity index (χ0v) is 10.1. The van der Waals surface area contributed by atoms with Gasteiger partial charge in [-0.15, -0.1) is 0 Å². The maximum atomic E-state index is 13.5. The van der Waals surface area contributed by atoms with Crippen LogP contribution in [-0.2, 0) is 13.6 Å². The SMILES string of the molecule is Cc1nn(C)c(Oc2cc(F)ccc2F)c1CN. The highest BCUT2D eigenvalue weighted by Crippen LogP contribution is 2.29. The summed E-state index contributed by atoms with van der Waals surface area (Å²) in [7, 11) is 1.65. The van der Waals surface area contributed by atoms with E-state index in [1.165, 1.54) is 4.68 Å². The minimum atomic E-state index is -0.641. The third-order valence-corrected chi connectivity index (χ3v) is 2.59. The topological polar surface area (TPSA) is 53.1 Å². The van der Waals surface area contributed by atoms with Crippen molar-refractivity contribution in [2.75, 3.05) is 0 Å². The number of nitrogens with zero attached hydrogens (tertiary/aromatic N) is 2. The molecule has 0 aliphatic rings. The molecule has 1 aromatic heterocycles. The van der Waals surface area contributed by atoms with E-state index < -0.39 is 11.6 Å². The van der Waals surface area contributed by atoms with E-state index in [1.54, 1.807) is 14.0 Å². The van der Waals surface area contributed by atoms with Crippen LogP contribution in [0.25, 0.3) is 0 Å². The molecule has 18 heavy (non-hydrogen) atoms. The second kappa shape index (κ2) is 4.73. The van der Waals surface area contributed by atoms with Gasteiger partial charge >= 0.3 is 0 Å². The van der Waals surface area contributed by atoms with Gasteiger partial charge in [0.25, 0.3) is 0 Å². The van der Waals surface area contributed by atoms with Crippen molar-refractivity contribution in [3.8, 4) is 11.6 Å². The van der Waals surface area contributed by atoms with Gasteiger partial charge < -0.3 is 10.5 Å². The molecule has 0 aliphatic carbocycles. The fraction of sp³-hybridized carbons (Fsp3) is 0.250. The van der Waals surface area contributed by atoms with Crippen LogP contribution >= 0.6 is 0 Å². The lowest BCUT2D eigenvalue weighted by Crippen LogP contribution is -2.02. The monoisotopic (exact) mass is 253 g/mol. The zero-order valence-electron chi connectivity index (χ0n) is 10.1. The molecule has 2 N–H and O–H groups in total. The summed E-state index contributed by atoms with van der Waals surface area (Å²) in [6.07, 6.45) is 0. The van der Waals surface area contributed by atoms with Gasteiger partial charge in [0, 0.05) is 19.7 Å². The first kappa shape index (κ1) is 12.5. The summed E-state index contributed by atoms with van der Waals surface area (Å²) in [5.74, 6) is -1.08. The molecular formula is C12H13F2N3O. The number of hydrogen-bond acceptors (Lipinski definition) is 3. The average molecular weight is 253 g/mol. The van der Waals surface area contributed by atoms with Gasteiger partial charge in [-0.1, -0.05) is 0 Å². The molecule has 0 saturated carbocycles. The minimum Gasteiger partial charge on any atom is -0.436 e. The van der Waals surface area contributed by atoms with Crippen LogP contribution in [0.15, 0.2) is 18.2 Å². The number of nitrogens with two attached hydrogens (primary N) is 1. The van der Waals surface area contributed by atoms with Crippen molar-refractivity contribution in [3.63, 3.8) is 0 Å². The number of hydrogen-bond donors (Lipinski definition) is 1. The van der Waals surface area contributed by atoms with Crippen molar-refractivity contribution in [1.29, 1.82) is 0 Å². The first-order chi connectivity index (χ1) is 8.52. The Labute approximate surface area is 103 Å². The molecule has 0 spiro atoms. The molecule has 2 aromatic rings. The third kappa shape index (κ3) is 2.19. The highest BCUT2D eigenvalue weighted by Gasteiger charge is 2.16. The average Bonchev–Trinajstić information content (AvgIpc) is 2.58. The predicted molar refractivity (Wildman–Crippen MR) is 62.3 cm³/mol. The number of benzene rings is 1. The summed E-state index contributed by atoms with van der Waals surface area (Å²) in [6, 6.07) is 3.02. The summed E-state index contributed by atoms with van der Waals surface area (Å²) in [4.78, 5) is 0. The van der Waals surface area contributed by atoms with Crippen LogP contribution in [0.3, 0.4) is 0 Å². The summed E-state index contributed by atoms with van der Waals surface area (Å²) < 4.78 is 33.3. The Morgan fingerprint density at radius 2 is 2.11 bits per heavy atom. The van der Waals surface area contributed by atoms with Crippen LogP contribution in [0.2, 0.25) is 0 Å². The molecule has 0 fully saturated rings. The molecule has 0 aliphatic heterocycles. The van der Waals surface area contributed by atoms with Gasteiger partial charge in [-0.3, -0.25) is 0 Å². The van der Waals surface area contributed by atoms with Crippen molar-refractivity contribution in [2.24, 2.45) is 12.8 Å². The Balaban J connectivity index is 2.42. The van der Waals surface area contributed by atoms with Gasteiger partial charge in [0.05, 0.1) is 11.3 Å². The Morgan fingerprint density at radius 3 is 2.78 bits per heavy atom. The Hall–Kier alpha value is -1.95. The summed E-state index contributed by atoms with van der Waals surface area (Å²) in [5, 5.41) is 4.13. The lowest BCUT2D eigenvalue weighted by atomic mass is 10.2. The highest BCUT2D eigenvalue weighted by atomic mass is 19.1. The van der Waals surface area contributed by atoms with E-state index in [1.807, 2.05) is 0 Å². The van der Waals surface area contributed by atoms with Crippen LogP contribution in [0.5, 0.6) is 11.6 Å². The molecule has 0 radical (unpaired) electrons. The van der Waals surface area contributed by atoms with E-state index in [2.05, 4.69) is 5.10 Å². The lowest BCUT2D eigenvalue weighted by Gasteiger charge is -2.08. The van der Waals surface area contributed by atoms with E-state index in [-0.39, 0.29) is 12.3 Å². The van der Waals surface area contributed by atoms with Crippen molar-refractivity contribution in [1.82, 2.24) is 9.78 Å². The Morgan fingerprint density at radius 1 is 1.39 bits per heavy atom. The zero-order chi connectivity index (χ0) is 13.3. The van der Waals surface area contributed by atoms with Gasteiger partial charge in [0.2, 0.25) is 5.88 Å². The molecular weight excluding hydrogens is 240 g/mol. The second-order valence-electron chi connectivity index (χ2n) is 3.87. The standard InChI is InChI=1S/C12H13F2N3O/c1-7-9(6-15)12(17(2)16-7)18-11-5-8(13)3-4-10(11)14/h3-5H,6,15H2,1-2H3. The van der Waals surface area contributed by atoms with Crippen LogP contribution in [0.4, 0.5) is 8.78 Å². The smallest absolute Gasteiger partial charge is 0.222 e. The molecule has 0 atom stereocenters. The highest BCUT2D eigenvalue weighted by molar-refractivity contribution is 5.36. The number of rotatable bonds is 3. The van der Waals surface area contributed by atoms with Crippen LogP contribution in [0, 0.1) is 18.6 Å². The number of halogens is 2. The molecule has 1 heterocycles. The first-order valence-corrected chi connectivity index (χ1v) is 5.38. The van der Waals surface area contributed by atoms with E-state index in [0.29, 0.717) is 17.1 Å². The normalized spacial score (nSPS) is 10.7. The summed E-state index contributed by atoms with van der Waals surface area (Å²) >= 11 is 0. The Kier molecular flexibility index (Phi) is 3.29. The fourth-order valence-corrected chi connectivity index (χ4v) is 1.70. The fourth-order valence-electron chi connectivity index (χ4n) is 1.70. The summed E-state index contributed by atoms with van der Waals surface area (Å²) in [6.45, 7) is 1.99. The van der Waals surface area contributed by atoms with Gasteiger partial charge in [-0.05, 0) is 19.1 Å². The van der Waals surface area contributed by atoms with Gasteiger partial charge in [0.1, 0.15) is 5.82 Å². The van der Waals surface area contributed by atoms with Crippen molar-refractivity contribution >= 4 is 0 Å². The molecule has 4 nitrogen and oxygen atoms in total. The van der Waals surface area contributed by atoms with Crippen molar-refractivity contribution < 1.29 is 13.5 Å². The molecule has 0 amide bonds. The van der Waals surface area contributed by atoms with Crippen LogP contribution in [-0.4, -0.2) is 9.78 Å². The lowest BCUT2D eigenvalue weighted by molar-refractivity contribution is 0.396. The number of aromatic nitrogens is 2. The van der Waals surface area contributed by atoms with Crippen LogP contribution in [0.1, 0.15) is 11.3 Å². The molecule has 6 heteroatoms. The molecule has 96 valence electrons. The van der Waals surface area contributed by atoms with E-state index >= 15 is 0 Å². The third-order valence-electron chi connectivity index (χ3n) is 2.59. The van der Waals surface area contributed by atoms with E-state index in [9.17, 15) is 8.78 Å². The molecule has 1 aromatic carbocycles. The van der Waals surface area contributed by atoms with E-state index in [4.69, 9.17) is 10.5 Å². The van der Waals surface area contributed by atoms with Crippen LogP contribution < -0.4 is 10.5 Å².